The highest BCUT2D eigenvalue weighted by Gasteiger charge is 2.17. The van der Waals surface area contributed by atoms with Gasteiger partial charge in [0.2, 0.25) is 0 Å². The molecule has 0 fully saturated rings. The molecule has 9 aromatic rings. The van der Waals surface area contributed by atoms with Crippen molar-refractivity contribution in [3.8, 4) is 33.4 Å². The molecule has 0 aliphatic rings. The van der Waals surface area contributed by atoms with Gasteiger partial charge in [-0.05, 0) is 102 Å². The van der Waals surface area contributed by atoms with Gasteiger partial charge in [0.25, 0.3) is 0 Å². The minimum Gasteiger partial charge on any atom is -0.310 e. The first-order chi connectivity index (χ1) is 24.3. The van der Waals surface area contributed by atoms with Gasteiger partial charge in [0, 0.05) is 17.1 Å². The van der Waals surface area contributed by atoms with E-state index in [2.05, 4.69) is 205 Å². The number of hydrogen-bond acceptors (Lipinski definition) is 1. The first-order valence-corrected chi connectivity index (χ1v) is 16.8. The summed E-state index contributed by atoms with van der Waals surface area (Å²) < 4.78 is 0. The Kier molecular flexibility index (Phi) is 7.22. The van der Waals surface area contributed by atoms with Crippen molar-refractivity contribution in [2.24, 2.45) is 0 Å². The lowest BCUT2D eigenvalue weighted by Crippen LogP contribution is -2.10. The molecule has 9 rings (SSSR count). The molecule has 0 radical (unpaired) electrons. The maximum atomic E-state index is 2.40. The van der Waals surface area contributed by atoms with Crippen LogP contribution < -0.4 is 4.90 Å². The normalized spacial score (nSPS) is 11.3. The number of nitrogens with zero attached hydrogens (tertiary/aromatic N) is 1. The Morgan fingerprint density at radius 2 is 0.551 bits per heavy atom. The zero-order valence-electron chi connectivity index (χ0n) is 27.0. The zero-order valence-corrected chi connectivity index (χ0v) is 27.0. The lowest BCUT2D eigenvalue weighted by atomic mass is 9.94. The summed E-state index contributed by atoms with van der Waals surface area (Å²) in [7, 11) is 0. The maximum absolute atomic E-state index is 2.40. The molecule has 0 saturated heterocycles. The highest BCUT2D eigenvalue weighted by Crippen LogP contribution is 2.42. The van der Waals surface area contributed by atoms with E-state index < -0.39 is 0 Å². The molecule has 0 spiro atoms. The molecule has 230 valence electrons. The minimum absolute atomic E-state index is 1.11. The highest BCUT2D eigenvalue weighted by molar-refractivity contribution is 6.25. The molecule has 0 heterocycles. The fourth-order valence-corrected chi connectivity index (χ4v) is 7.25. The van der Waals surface area contributed by atoms with E-state index in [-0.39, 0.29) is 0 Å². The second kappa shape index (κ2) is 12.3. The third kappa shape index (κ3) is 5.32. The molecule has 0 saturated carbocycles. The molecule has 0 atom stereocenters. The van der Waals surface area contributed by atoms with Crippen LogP contribution in [0, 0.1) is 0 Å². The Balaban J connectivity index is 1.22. The van der Waals surface area contributed by atoms with Gasteiger partial charge >= 0.3 is 0 Å². The molecule has 0 aliphatic heterocycles. The van der Waals surface area contributed by atoms with Crippen LogP contribution in [0.5, 0.6) is 0 Å². The van der Waals surface area contributed by atoms with Crippen molar-refractivity contribution in [2.75, 3.05) is 4.90 Å². The Bertz CT molecular complexity index is 2550. The topological polar surface area (TPSA) is 3.24 Å². The van der Waals surface area contributed by atoms with Crippen LogP contribution in [0.3, 0.4) is 0 Å². The predicted molar refractivity (Wildman–Crippen MR) is 210 cm³/mol. The van der Waals surface area contributed by atoms with Crippen LogP contribution in [0.4, 0.5) is 17.1 Å². The predicted octanol–water partition coefficient (Wildman–Crippen LogP) is 13.6. The van der Waals surface area contributed by atoms with Crippen molar-refractivity contribution in [1.82, 2.24) is 0 Å². The second-order valence-corrected chi connectivity index (χ2v) is 12.6. The summed E-state index contributed by atoms with van der Waals surface area (Å²) in [6.07, 6.45) is 0. The van der Waals surface area contributed by atoms with E-state index >= 15 is 0 Å². The molecule has 49 heavy (non-hydrogen) atoms. The Morgan fingerprint density at radius 1 is 0.204 bits per heavy atom. The summed E-state index contributed by atoms with van der Waals surface area (Å²) in [6, 6.07) is 72.4. The van der Waals surface area contributed by atoms with Crippen molar-refractivity contribution in [3.05, 3.63) is 200 Å². The van der Waals surface area contributed by atoms with Crippen LogP contribution in [0.15, 0.2) is 200 Å². The lowest BCUT2D eigenvalue weighted by Gasteiger charge is -2.27. The van der Waals surface area contributed by atoms with E-state index in [1.54, 1.807) is 0 Å². The second-order valence-electron chi connectivity index (χ2n) is 12.6. The summed E-state index contributed by atoms with van der Waals surface area (Å²) in [5.74, 6) is 0. The van der Waals surface area contributed by atoms with Crippen molar-refractivity contribution in [1.29, 1.82) is 0 Å². The molecule has 1 nitrogen and oxygen atoms in total. The molecule has 0 aliphatic carbocycles. The molecule has 0 bridgehead atoms. The molecule has 1 heteroatoms. The SMILES string of the molecule is c1ccc(-c2ccc(-c3cccc(N(c4cccc(-c5ccccc5)c4)c4ccc5c6ccccc6c6ccccc6c5c4)c3)cc2)cc1. The van der Waals surface area contributed by atoms with Crippen molar-refractivity contribution >= 4 is 49.4 Å². The Morgan fingerprint density at radius 3 is 1.06 bits per heavy atom. The van der Waals surface area contributed by atoms with Crippen LogP contribution in [0.25, 0.3) is 65.7 Å². The van der Waals surface area contributed by atoms with E-state index in [9.17, 15) is 0 Å². The van der Waals surface area contributed by atoms with Crippen LogP contribution in [-0.2, 0) is 0 Å². The fraction of sp³-hybridized carbons (Fsp3) is 0. The summed E-state index contributed by atoms with van der Waals surface area (Å²) in [5, 5.41) is 7.63. The first-order valence-electron chi connectivity index (χ1n) is 16.8. The number of hydrogen-bond donors (Lipinski definition) is 0. The van der Waals surface area contributed by atoms with E-state index in [1.807, 2.05) is 0 Å². The van der Waals surface area contributed by atoms with Gasteiger partial charge in [0.05, 0.1) is 0 Å². The van der Waals surface area contributed by atoms with E-state index in [0.717, 1.165) is 17.1 Å². The summed E-state index contributed by atoms with van der Waals surface area (Å²) >= 11 is 0. The summed E-state index contributed by atoms with van der Waals surface area (Å²) in [5.41, 5.74) is 10.5. The largest absolute Gasteiger partial charge is 0.310 e. The van der Waals surface area contributed by atoms with Gasteiger partial charge in [0.15, 0.2) is 0 Å². The summed E-state index contributed by atoms with van der Waals surface area (Å²) in [4.78, 5) is 2.40. The molecule has 0 unspecified atom stereocenters. The first kappa shape index (κ1) is 28.8. The van der Waals surface area contributed by atoms with E-state index in [0.29, 0.717) is 0 Å². The maximum Gasteiger partial charge on any atom is 0.0468 e. The Hall–Kier alpha value is -6.44. The smallest absolute Gasteiger partial charge is 0.0468 e. The van der Waals surface area contributed by atoms with Gasteiger partial charge in [-0.25, -0.2) is 0 Å². The van der Waals surface area contributed by atoms with Gasteiger partial charge in [-0.1, -0.05) is 164 Å². The fourth-order valence-electron chi connectivity index (χ4n) is 7.25. The van der Waals surface area contributed by atoms with Gasteiger partial charge in [-0.2, -0.15) is 0 Å². The minimum atomic E-state index is 1.11. The highest BCUT2D eigenvalue weighted by atomic mass is 15.1. The molecular formula is C48H33N. The van der Waals surface area contributed by atoms with Crippen molar-refractivity contribution in [2.45, 2.75) is 0 Å². The van der Waals surface area contributed by atoms with E-state index in [1.165, 1.54) is 65.7 Å². The lowest BCUT2D eigenvalue weighted by molar-refractivity contribution is 1.29. The zero-order chi connectivity index (χ0) is 32.6. The average molecular weight is 624 g/mol. The summed E-state index contributed by atoms with van der Waals surface area (Å²) in [6.45, 7) is 0. The monoisotopic (exact) mass is 623 g/mol. The average Bonchev–Trinajstić information content (AvgIpc) is 3.19. The van der Waals surface area contributed by atoms with Gasteiger partial charge in [0.1, 0.15) is 0 Å². The van der Waals surface area contributed by atoms with Crippen molar-refractivity contribution < 1.29 is 0 Å². The molecule has 0 N–H and O–H groups in total. The van der Waals surface area contributed by atoms with Crippen molar-refractivity contribution in [3.63, 3.8) is 0 Å². The van der Waals surface area contributed by atoms with Crippen LogP contribution >= 0.6 is 0 Å². The number of fused-ring (bicyclic) bond motifs is 6. The third-order valence-electron chi connectivity index (χ3n) is 9.63. The number of benzene rings is 9. The van der Waals surface area contributed by atoms with Crippen LogP contribution in [0.1, 0.15) is 0 Å². The van der Waals surface area contributed by atoms with Gasteiger partial charge < -0.3 is 4.90 Å². The molecular weight excluding hydrogens is 591 g/mol. The molecule has 9 aromatic carbocycles. The van der Waals surface area contributed by atoms with Crippen LogP contribution in [-0.4, -0.2) is 0 Å². The number of anilines is 3. The Labute approximate surface area is 287 Å². The molecule has 0 amide bonds. The standard InChI is InChI=1S/C48H33N/c1-3-13-34(14-4-1)36-25-27-37(28-26-36)39-18-12-20-41(32-39)49(40-19-11-17-38(31-40)35-15-5-2-6-16-35)42-29-30-47-45-23-8-7-21-43(45)44-22-9-10-24-46(44)48(47)33-42/h1-33H. The number of rotatable bonds is 6. The molecule has 0 aromatic heterocycles. The van der Waals surface area contributed by atoms with Gasteiger partial charge in [-0.15, -0.1) is 0 Å². The third-order valence-corrected chi connectivity index (χ3v) is 9.63. The quantitative estimate of drug-likeness (QED) is 0.167. The van der Waals surface area contributed by atoms with E-state index in [4.69, 9.17) is 0 Å². The van der Waals surface area contributed by atoms with Crippen LogP contribution in [0.2, 0.25) is 0 Å². The van der Waals surface area contributed by atoms with Gasteiger partial charge in [-0.3, -0.25) is 0 Å².